The van der Waals surface area contributed by atoms with Gasteiger partial charge < -0.3 is 14.4 Å². The van der Waals surface area contributed by atoms with E-state index in [1.165, 1.54) is 5.56 Å². The summed E-state index contributed by atoms with van der Waals surface area (Å²) < 4.78 is 35.7. The Morgan fingerprint density at radius 1 is 1.04 bits per heavy atom. The van der Waals surface area contributed by atoms with Gasteiger partial charge in [0.15, 0.2) is 26.5 Å². The van der Waals surface area contributed by atoms with Crippen molar-refractivity contribution in [1.82, 2.24) is 0 Å². The molecule has 146 valence electrons. The van der Waals surface area contributed by atoms with Crippen molar-refractivity contribution in [3.8, 4) is 11.5 Å². The zero-order valence-corrected chi connectivity index (χ0v) is 16.8. The summed E-state index contributed by atoms with van der Waals surface area (Å²) in [5, 5.41) is 0.866. The molecule has 3 heterocycles. The van der Waals surface area contributed by atoms with E-state index < -0.39 is 9.84 Å². The molecule has 8 heteroatoms. The topological polar surface area (TPSA) is 68.2 Å². The number of nitrogens with zero attached hydrogens (tertiary/aromatic N) is 2. The Kier molecular flexibility index (Phi) is 4.47. The smallest absolute Gasteiger partial charge is 0.164 e. The molecule has 1 saturated heterocycles. The molecule has 0 N–H and O–H groups in total. The summed E-state index contributed by atoms with van der Waals surface area (Å²) in [6.45, 7) is 1.05. The molecule has 1 fully saturated rings. The van der Waals surface area contributed by atoms with Crippen LogP contribution in [0.3, 0.4) is 0 Å². The third-order valence-electron chi connectivity index (χ3n) is 5.12. The molecule has 0 saturated carbocycles. The van der Waals surface area contributed by atoms with Crippen molar-refractivity contribution in [2.24, 2.45) is 4.99 Å². The van der Waals surface area contributed by atoms with Crippen LogP contribution in [0.2, 0.25) is 0 Å². The minimum atomic E-state index is -3.07. The highest BCUT2D eigenvalue weighted by molar-refractivity contribution is 8.13. The second-order valence-electron chi connectivity index (χ2n) is 7.10. The molecule has 3 aliphatic rings. The van der Waals surface area contributed by atoms with Crippen LogP contribution in [0, 0.1) is 0 Å². The number of benzene rings is 2. The van der Waals surface area contributed by atoms with E-state index in [0.29, 0.717) is 19.0 Å². The van der Waals surface area contributed by atoms with Gasteiger partial charge in [-0.25, -0.2) is 8.42 Å². The standard InChI is InChI=1S/C20H20N2O4S2/c23-28(24)12-16-17(13-28)22(15-6-7-18-19(10-15)26-9-8-25-18)20(21-16)27-11-14-4-2-1-3-5-14/h1-7,10,16-17H,8-9,11-13H2/t16-,17-/m0/s1. The fourth-order valence-electron chi connectivity index (χ4n) is 3.84. The maximum absolute atomic E-state index is 12.2. The van der Waals surface area contributed by atoms with E-state index in [4.69, 9.17) is 14.5 Å². The van der Waals surface area contributed by atoms with E-state index in [1.807, 2.05) is 36.4 Å². The number of rotatable bonds is 3. The zero-order valence-electron chi connectivity index (χ0n) is 15.2. The molecule has 0 radical (unpaired) electrons. The summed E-state index contributed by atoms with van der Waals surface area (Å²) in [5.74, 6) is 2.45. The molecule has 3 aliphatic heterocycles. The molecule has 0 unspecified atom stereocenters. The second kappa shape index (κ2) is 7.00. The summed E-state index contributed by atoms with van der Waals surface area (Å²) in [7, 11) is -3.07. The fraction of sp³-hybridized carbons (Fsp3) is 0.350. The number of amidine groups is 1. The van der Waals surface area contributed by atoms with Crippen LogP contribution in [0.25, 0.3) is 0 Å². The zero-order chi connectivity index (χ0) is 19.1. The monoisotopic (exact) mass is 416 g/mol. The quantitative estimate of drug-likeness (QED) is 0.766. The molecule has 28 heavy (non-hydrogen) atoms. The lowest BCUT2D eigenvalue weighted by Crippen LogP contribution is -2.39. The van der Waals surface area contributed by atoms with Gasteiger partial charge in [-0.1, -0.05) is 42.1 Å². The first-order valence-electron chi connectivity index (χ1n) is 9.23. The number of hydrogen-bond donors (Lipinski definition) is 0. The van der Waals surface area contributed by atoms with Gasteiger partial charge in [0.05, 0.1) is 23.6 Å². The van der Waals surface area contributed by atoms with Crippen molar-refractivity contribution in [3.05, 3.63) is 54.1 Å². The lowest BCUT2D eigenvalue weighted by atomic mass is 10.1. The first kappa shape index (κ1) is 17.9. The van der Waals surface area contributed by atoms with Crippen LogP contribution >= 0.6 is 11.8 Å². The summed E-state index contributed by atoms with van der Waals surface area (Å²) in [6.07, 6.45) is 0. The van der Waals surface area contributed by atoms with Crippen LogP contribution in [0.5, 0.6) is 11.5 Å². The van der Waals surface area contributed by atoms with Crippen LogP contribution in [-0.2, 0) is 15.6 Å². The second-order valence-corrected chi connectivity index (χ2v) is 10.2. The van der Waals surface area contributed by atoms with Crippen molar-refractivity contribution in [2.75, 3.05) is 29.6 Å². The van der Waals surface area contributed by atoms with Gasteiger partial charge in [-0.3, -0.25) is 4.99 Å². The van der Waals surface area contributed by atoms with Gasteiger partial charge >= 0.3 is 0 Å². The third kappa shape index (κ3) is 3.35. The van der Waals surface area contributed by atoms with Gasteiger partial charge in [0, 0.05) is 17.5 Å². The molecule has 2 aromatic rings. The summed E-state index contributed by atoms with van der Waals surface area (Å²) in [5.41, 5.74) is 2.11. The van der Waals surface area contributed by atoms with Crippen molar-refractivity contribution in [1.29, 1.82) is 0 Å². The molecule has 0 aromatic heterocycles. The predicted molar refractivity (Wildman–Crippen MR) is 111 cm³/mol. The van der Waals surface area contributed by atoms with E-state index >= 15 is 0 Å². The van der Waals surface area contributed by atoms with Crippen LogP contribution < -0.4 is 14.4 Å². The summed E-state index contributed by atoms with van der Waals surface area (Å²) >= 11 is 1.64. The SMILES string of the molecule is O=S1(=O)C[C@@H]2N=C(SCc3ccccc3)N(c3ccc4c(c3)OCCO4)[C@H]2C1. The number of sulfone groups is 1. The molecular formula is C20H20N2O4S2. The van der Waals surface area contributed by atoms with E-state index in [1.54, 1.807) is 11.8 Å². The minimum absolute atomic E-state index is 0.119. The molecule has 0 bridgehead atoms. The molecule has 2 atom stereocenters. The van der Waals surface area contributed by atoms with Gasteiger partial charge in [0.2, 0.25) is 0 Å². The maximum Gasteiger partial charge on any atom is 0.164 e. The molecule has 0 spiro atoms. The number of anilines is 1. The largest absolute Gasteiger partial charge is 0.486 e. The highest BCUT2D eigenvalue weighted by Crippen LogP contribution is 2.40. The summed E-state index contributed by atoms with van der Waals surface area (Å²) in [4.78, 5) is 6.86. The van der Waals surface area contributed by atoms with E-state index in [0.717, 1.165) is 22.4 Å². The van der Waals surface area contributed by atoms with Gasteiger partial charge in [0.25, 0.3) is 0 Å². The molecule has 0 aliphatic carbocycles. The van der Waals surface area contributed by atoms with Crippen molar-refractivity contribution in [2.45, 2.75) is 17.8 Å². The Labute approximate surface area is 168 Å². The number of ether oxygens (including phenoxy) is 2. The van der Waals surface area contributed by atoms with Crippen molar-refractivity contribution in [3.63, 3.8) is 0 Å². The first-order valence-corrected chi connectivity index (χ1v) is 12.0. The molecule has 6 nitrogen and oxygen atoms in total. The Hall–Kier alpha value is -2.19. The number of hydrogen-bond acceptors (Lipinski definition) is 7. The Bertz CT molecular complexity index is 1020. The lowest BCUT2D eigenvalue weighted by Gasteiger charge is -2.28. The number of thioether (sulfide) groups is 1. The summed E-state index contributed by atoms with van der Waals surface area (Å²) in [6, 6.07) is 15.6. The van der Waals surface area contributed by atoms with Crippen molar-refractivity contribution < 1.29 is 17.9 Å². The lowest BCUT2D eigenvalue weighted by molar-refractivity contribution is 0.171. The Morgan fingerprint density at radius 2 is 1.82 bits per heavy atom. The van der Waals surface area contributed by atoms with Gasteiger partial charge in [0.1, 0.15) is 13.2 Å². The first-order chi connectivity index (χ1) is 13.6. The van der Waals surface area contributed by atoms with E-state index in [9.17, 15) is 8.42 Å². The maximum atomic E-state index is 12.2. The average molecular weight is 417 g/mol. The van der Waals surface area contributed by atoms with Gasteiger partial charge in [-0.05, 0) is 17.7 Å². The Balaban J connectivity index is 1.46. The average Bonchev–Trinajstić information content (AvgIpc) is 3.17. The van der Waals surface area contributed by atoms with Gasteiger partial charge in [-0.2, -0.15) is 0 Å². The normalized spacial score (nSPS) is 24.7. The van der Waals surface area contributed by atoms with E-state index in [2.05, 4.69) is 17.0 Å². The fourth-order valence-corrected chi connectivity index (χ4v) is 6.76. The molecule has 0 amide bonds. The van der Waals surface area contributed by atoms with Crippen LogP contribution in [0.4, 0.5) is 5.69 Å². The van der Waals surface area contributed by atoms with E-state index in [-0.39, 0.29) is 23.6 Å². The number of aliphatic imine (C=N–C) groups is 1. The van der Waals surface area contributed by atoms with Crippen LogP contribution in [-0.4, -0.2) is 50.4 Å². The van der Waals surface area contributed by atoms with Gasteiger partial charge in [-0.15, -0.1) is 0 Å². The highest BCUT2D eigenvalue weighted by atomic mass is 32.2. The Morgan fingerprint density at radius 3 is 2.64 bits per heavy atom. The highest BCUT2D eigenvalue weighted by Gasteiger charge is 2.47. The predicted octanol–water partition coefficient (Wildman–Crippen LogP) is 2.73. The molecule has 2 aromatic carbocycles. The third-order valence-corrected chi connectivity index (χ3v) is 7.86. The number of fused-ring (bicyclic) bond motifs is 2. The molecular weight excluding hydrogens is 396 g/mol. The van der Waals surface area contributed by atoms with Crippen LogP contribution in [0.1, 0.15) is 5.56 Å². The van der Waals surface area contributed by atoms with Crippen LogP contribution in [0.15, 0.2) is 53.5 Å². The molecule has 5 rings (SSSR count). The van der Waals surface area contributed by atoms with Crippen molar-refractivity contribution >= 4 is 32.5 Å². The minimum Gasteiger partial charge on any atom is -0.486 e.